The topological polar surface area (TPSA) is 35.5 Å². The molecule has 4 heteroatoms. The van der Waals surface area contributed by atoms with Crippen molar-refractivity contribution in [1.29, 1.82) is 0 Å². The minimum Gasteiger partial charge on any atom is -0.493 e. The Bertz CT molecular complexity index is 345. The first-order valence-electron chi connectivity index (χ1n) is 6.41. The summed E-state index contributed by atoms with van der Waals surface area (Å²) in [6, 6.07) is 0. The zero-order valence-corrected chi connectivity index (χ0v) is 13.4. The van der Waals surface area contributed by atoms with Gasteiger partial charge in [0.1, 0.15) is 11.9 Å². The number of hydrogen-bond donors (Lipinski definition) is 0. The van der Waals surface area contributed by atoms with Crippen LogP contribution < -0.4 is 0 Å². The van der Waals surface area contributed by atoms with Crippen LogP contribution in [0.2, 0.25) is 0 Å². The van der Waals surface area contributed by atoms with Gasteiger partial charge in [-0.15, -0.1) is 0 Å². The van der Waals surface area contributed by atoms with Crippen LogP contribution in [-0.4, -0.2) is 22.6 Å². The molecule has 0 spiro atoms. The molecule has 1 aliphatic heterocycles. The van der Waals surface area contributed by atoms with Crippen molar-refractivity contribution in [2.24, 2.45) is 0 Å². The maximum atomic E-state index is 11.9. The zero-order valence-electron chi connectivity index (χ0n) is 11.2. The molecule has 1 heterocycles. The summed E-state index contributed by atoms with van der Waals surface area (Å²) >= 11 is 2.34. The lowest BCUT2D eigenvalue weighted by molar-refractivity contribution is -0.138. The van der Waals surface area contributed by atoms with Gasteiger partial charge in [0.05, 0.1) is 12.2 Å². The molecule has 0 amide bonds. The summed E-state index contributed by atoms with van der Waals surface area (Å²) in [5.41, 5.74) is 0.731. The summed E-state index contributed by atoms with van der Waals surface area (Å²) in [7, 11) is 0. The third kappa shape index (κ3) is 4.30. The number of carbonyl (C=O) groups excluding carboxylic acids is 1. The van der Waals surface area contributed by atoms with Gasteiger partial charge < -0.3 is 9.47 Å². The molecule has 0 N–H and O–H groups in total. The molecule has 0 aromatic heterocycles. The first-order chi connectivity index (χ1) is 8.60. The first-order valence-corrected chi connectivity index (χ1v) is 7.65. The van der Waals surface area contributed by atoms with E-state index < -0.39 is 0 Å². The Morgan fingerprint density at radius 3 is 2.94 bits per heavy atom. The van der Waals surface area contributed by atoms with Crippen LogP contribution in [-0.2, 0) is 14.3 Å². The second kappa shape index (κ2) is 7.81. The fourth-order valence-electron chi connectivity index (χ4n) is 1.87. The van der Waals surface area contributed by atoms with E-state index in [9.17, 15) is 4.79 Å². The Hall–Kier alpha value is -0.520. The molecule has 0 radical (unpaired) electrons. The van der Waals surface area contributed by atoms with Crippen molar-refractivity contribution in [2.75, 3.05) is 6.61 Å². The molecule has 102 valence electrons. The number of esters is 1. The van der Waals surface area contributed by atoms with Crippen LogP contribution >= 0.6 is 22.6 Å². The van der Waals surface area contributed by atoms with Crippen LogP contribution in [0.15, 0.2) is 23.5 Å². The van der Waals surface area contributed by atoms with E-state index in [0.29, 0.717) is 17.0 Å². The molecule has 2 unspecified atom stereocenters. The number of ether oxygens (including phenoxy) is 2. The molecule has 0 bridgehead atoms. The quantitative estimate of drug-likeness (QED) is 0.312. The van der Waals surface area contributed by atoms with E-state index in [4.69, 9.17) is 9.47 Å². The number of hydrogen-bond acceptors (Lipinski definition) is 3. The van der Waals surface area contributed by atoms with E-state index in [2.05, 4.69) is 35.6 Å². The van der Waals surface area contributed by atoms with Gasteiger partial charge in [-0.25, -0.2) is 4.79 Å². The summed E-state index contributed by atoms with van der Waals surface area (Å²) in [4.78, 5) is 11.9. The maximum Gasteiger partial charge on any atom is 0.337 e. The Kier molecular flexibility index (Phi) is 6.75. The minimum absolute atomic E-state index is 0.102. The molecule has 1 aliphatic rings. The molecule has 3 nitrogen and oxygen atoms in total. The molecule has 0 saturated carbocycles. The average Bonchev–Trinajstić information content (AvgIpc) is 2.74. The minimum atomic E-state index is -0.215. The van der Waals surface area contributed by atoms with E-state index >= 15 is 0 Å². The second-order valence-electron chi connectivity index (χ2n) is 4.27. The number of carbonyl (C=O) groups is 1. The third-order valence-electron chi connectivity index (χ3n) is 2.84. The van der Waals surface area contributed by atoms with Crippen molar-refractivity contribution >= 4 is 28.6 Å². The fourth-order valence-corrected chi connectivity index (χ4v) is 2.27. The van der Waals surface area contributed by atoms with Gasteiger partial charge in [0.2, 0.25) is 0 Å². The van der Waals surface area contributed by atoms with Crippen LogP contribution in [0.4, 0.5) is 0 Å². The first kappa shape index (κ1) is 15.5. The lowest BCUT2D eigenvalue weighted by atomic mass is 10.1. The summed E-state index contributed by atoms with van der Waals surface area (Å²) < 4.78 is 11.4. The van der Waals surface area contributed by atoms with Crippen molar-refractivity contribution in [1.82, 2.24) is 0 Å². The van der Waals surface area contributed by atoms with Crippen molar-refractivity contribution in [3.05, 3.63) is 23.5 Å². The molecule has 0 aromatic rings. The summed E-state index contributed by atoms with van der Waals surface area (Å²) in [6.45, 7) is 6.33. The van der Waals surface area contributed by atoms with E-state index in [1.165, 1.54) is 0 Å². The van der Waals surface area contributed by atoms with E-state index in [0.717, 1.165) is 24.2 Å². The Labute approximate surface area is 123 Å². The molecule has 0 aliphatic carbocycles. The van der Waals surface area contributed by atoms with Crippen LogP contribution in [0.25, 0.3) is 0 Å². The summed E-state index contributed by atoms with van der Waals surface area (Å²) in [6.07, 6.45) is 6.55. The Morgan fingerprint density at radius 2 is 2.39 bits per heavy atom. The molecule has 0 aromatic carbocycles. The number of halogens is 1. The average molecular weight is 364 g/mol. The lowest BCUT2D eigenvalue weighted by Crippen LogP contribution is -2.17. The van der Waals surface area contributed by atoms with Crippen molar-refractivity contribution < 1.29 is 14.3 Å². The highest BCUT2D eigenvalue weighted by molar-refractivity contribution is 14.1. The van der Waals surface area contributed by atoms with Gasteiger partial charge in [0.15, 0.2) is 0 Å². The highest BCUT2D eigenvalue weighted by Gasteiger charge is 2.32. The lowest BCUT2D eigenvalue weighted by Gasteiger charge is -2.14. The molecular weight excluding hydrogens is 343 g/mol. The number of rotatable bonds is 6. The second-order valence-corrected chi connectivity index (χ2v) is 6.23. The highest BCUT2D eigenvalue weighted by atomic mass is 127. The molecule has 0 fully saturated rings. The predicted molar refractivity (Wildman–Crippen MR) is 80.7 cm³/mol. The molecule has 2 atom stereocenters. The Morgan fingerprint density at radius 1 is 1.67 bits per heavy atom. The number of alkyl halides is 1. The zero-order chi connectivity index (χ0) is 13.5. The van der Waals surface area contributed by atoms with Gasteiger partial charge in [-0.1, -0.05) is 34.7 Å². The van der Waals surface area contributed by atoms with Gasteiger partial charge in [-0.3, -0.25) is 0 Å². The van der Waals surface area contributed by atoms with E-state index in [1.807, 2.05) is 19.9 Å². The largest absolute Gasteiger partial charge is 0.493 e. The maximum absolute atomic E-state index is 11.9. The highest BCUT2D eigenvalue weighted by Crippen LogP contribution is 2.33. The summed E-state index contributed by atoms with van der Waals surface area (Å²) in [5, 5.41) is 0. The van der Waals surface area contributed by atoms with Crippen LogP contribution in [0.3, 0.4) is 0 Å². The SMILES string of the molecule is C/C=C/CCC1=C(C(=O)OCC)CC(C(C)I)O1. The third-order valence-corrected chi connectivity index (χ3v) is 3.65. The van der Waals surface area contributed by atoms with Gasteiger partial charge in [0.25, 0.3) is 0 Å². The van der Waals surface area contributed by atoms with Crippen LogP contribution in [0.1, 0.15) is 40.0 Å². The molecule has 0 saturated heterocycles. The normalized spacial score (nSPS) is 21.2. The van der Waals surface area contributed by atoms with Crippen LogP contribution in [0, 0.1) is 0 Å². The van der Waals surface area contributed by atoms with E-state index in [-0.39, 0.29) is 12.1 Å². The van der Waals surface area contributed by atoms with E-state index in [1.54, 1.807) is 0 Å². The standard InChI is InChI=1S/C14H21IO3/c1-4-6-7-8-12-11(14(16)17-5-2)9-13(18-12)10(3)15/h4,6,10,13H,5,7-9H2,1-3H3/b6-4+. The van der Waals surface area contributed by atoms with Gasteiger partial charge >= 0.3 is 5.97 Å². The van der Waals surface area contributed by atoms with Crippen molar-refractivity contribution in [3.63, 3.8) is 0 Å². The van der Waals surface area contributed by atoms with Crippen molar-refractivity contribution in [3.8, 4) is 0 Å². The molecular formula is C14H21IO3. The molecule has 1 rings (SSSR count). The number of allylic oxidation sites excluding steroid dienone is 3. The van der Waals surface area contributed by atoms with Gasteiger partial charge in [-0.05, 0) is 27.2 Å². The smallest absolute Gasteiger partial charge is 0.337 e. The molecule has 18 heavy (non-hydrogen) atoms. The predicted octanol–water partition coefficient (Wildman–Crippen LogP) is 3.77. The summed E-state index contributed by atoms with van der Waals surface area (Å²) in [5.74, 6) is 0.604. The van der Waals surface area contributed by atoms with Crippen LogP contribution in [0.5, 0.6) is 0 Å². The van der Waals surface area contributed by atoms with Gasteiger partial charge in [-0.2, -0.15) is 0 Å². The van der Waals surface area contributed by atoms with Gasteiger partial charge in [0, 0.05) is 16.8 Å². The van der Waals surface area contributed by atoms with Crippen molar-refractivity contribution in [2.45, 2.75) is 50.1 Å². The fraction of sp³-hybridized carbons (Fsp3) is 0.643. The monoisotopic (exact) mass is 364 g/mol. The Balaban J connectivity index is 2.73.